The monoisotopic (exact) mass is 953 g/mol. The van der Waals surface area contributed by atoms with Crippen LogP contribution in [0.2, 0.25) is 0 Å². The summed E-state index contributed by atoms with van der Waals surface area (Å²) in [6, 6.07) is 0. The van der Waals surface area contributed by atoms with Crippen LogP contribution in [0.4, 0.5) is 0 Å². The Labute approximate surface area is 378 Å². The highest BCUT2D eigenvalue weighted by atomic mass is 16.8. The summed E-state index contributed by atoms with van der Waals surface area (Å²) in [7, 11) is 0. The fourth-order valence-electron chi connectivity index (χ4n) is 7.84. The Morgan fingerprint density at radius 1 is 0.561 bits per heavy atom. The van der Waals surface area contributed by atoms with Crippen LogP contribution in [-0.4, -0.2) is 229 Å². The molecule has 0 bridgehead atoms. The molecule has 5 fully saturated rings. The van der Waals surface area contributed by atoms with Crippen LogP contribution in [0.1, 0.15) is 83.5 Å². The first-order chi connectivity index (χ1) is 31.5. The summed E-state index contributed by atoms with van der Waals surface area (Å²) >= 11 is 0. The maximum absolute atomic E-state index is 12.3. The van der Waals surface area contributed by atoms with Gasteiger partial charge in [-0.2, -0.15) is 0 Å². The Morgan fingerprint density at radius 2 is 1.09 bits per heavy atom. The molecule has 376 valence electrons. The Kier molecular flexibility index (Phi) is 20.9. The van der Waals surface area contributed by atoms with Crippen molar-refractivity contribution in [2.45, 2.75) is 169 Å². The van der Waals surface area contributed by atoms with Gasteiger partial charge in [0.15, 0.2) is 18.9 Å². The summed E-state index contributed by atoms with van der Waals surface area (Å²) in [6.07, 6.45) is -19.6. The molecule has 5 aliphatic rings. The van der Waals surface area contributed by atoms with Gasteiger partial charge in [0, 0.05) is 51.5 Å². The zero-order chi connectivity index (χ0) is 48.1. The van der Waals surface area contributed by atoms with Crippen molar-refractivity contribution in [3.8, 4) is 0 Å². The largest absolute Gasteiger partial charge is 0.394 e. The van der Waals surface area contributed by atoms with Crippen molar-refractivity contribution in [3.63, 3.8) is 0 Å². The number of aliphatic hydroxyl groups is 9. The van der Waals surface area contributed by atoms with Gasteiger partial charge in [0.1, 0.15) is 54.9 Å². The minimum atomic E-state index is -1.80. The lowest BCUT2D eigenvalue weighted by Gasteiger charge is -2.46. The van der Waals surface area contributed by atoms with E-state index >= 15 is 0 Å². The summed E-state index contributed by atoms with van der Waals surface area (Å²) in [6.45, 7) is -0.895. The number of carbonyl (C=O) groups is 6. The topological polar surface area (TPSA) is 368 Å². The van der Waals surface area contributed by atoms with Crippen molar-refractivity contribution in [1.29, 1.82) is 0 Å². The van der Waals surface area contributed by atoms with Crippen LogP contribution in [-0.2, 0) is 66.9 Å². The van der Waals surface area contributed by atoms with Gasteiger partial charge < -0.3 is 89.0 Å². The molecule has 26 heteroatoms. The van der Waals surface area contributed by atoms with Gasteiger partial charge in [0.25, 0.3) is 23.6 Å². The van der Waals surface area contributed by atoms with Gasteiger partial charge >= 0.3 is 11.9 Å². The molecule has 5 heterocycles. The molecule has 14 atom stereocenters. The summed E-state index contributed by atoms with van der Waals surface area (Å²) < 4.78 is 34.3. The number of unbranched alkanes of at least 4 members (excludes halogenated alkanes) is 4. The highest BCUT2D eigenvalue weighted by molar-refractivity contribution is 6.02. The van der Waals surface area contributed by atoms with Crippen molar-refractivity contribution < 1.29 is 113 Å². The molecule has 0 aliphatic carbocycles. The zero-order valence-corrected chi connectivity index (χ0v) is 36.3. The predicted octanol–water partition coefficient (Wildman–Crippen LogP) is -4.88. The summed E-state index contributed by atoms with van der Waals surface area (Å²) in [5, 5.41) is 95.0. The van der Waals surface area contributed by atoms with E-state index in [0.29, 0.717) is 61.7 Å². The number of hydrogen-bond acceptors (Lipinski definition) is 24. The van der Waals surface area contributed by atoms with E-state index in [0.717, 1.165) is 0 Å². The van der Waals surface area contributed by atoms with E-state index in [4.69, 9.17) is 38.1 Å². The van der Waals surface area contributed by atoms with Gasteiger partial charge in [-0.25, -0.2) is 9.59 Å². The molecule has 0 aromatic heterocycles. The van der Waals surface area contributed by atoms with Gasteiger partial charge in [-0.3, -0.25) is 19.2 Å². The van der Waals surface area contributed by atoms with Gasteiger partial charge in [0.05, 0.1) is 38.6 Å². The predicted molar refractivity (Wildman–Crippen MR) is 211 cm³/mol. The lowest BCUT2D eigenvalue weighted by molar-refractivity contribution is -0.359. The van der Waals surface area contributed by atoms with Gasteiger partial charge in [0.2, 0.25) is 0 Å². The average Bonchev–Trinajstić information content (AvgIpc) is 3.78. The number of amides is 4. The minimum Gasteiger partial charge on any atom is -0.394 e. The van der Waals surface area contributed by atoms with E-state index in [1.54, 1.807) is 0 Å². The second-order valence-corrected chi connectivity index (χ2v) is 16.7. The molecule has 9 N–H and O–H groups in total. The molecule has 0 spiro atoms. The second-order valence-electron chi connectivity index (χ2n) is 16.7. The Hall–Kier alpha value is -3.42. The molecule has 66 heavy (non-hydrogen) atoms. The van der Waals surface area contributed by atoms with Crippen LogP contribution in [0.15, 0.2) is 0 Å². The number of imide groups is 2. The van der Waals surface area contributed by atoms with E-state index in [1.807, 2.05) is 4.90 Å². The molecule has 4 amide bonds. The highest BCUT2D eigenvalue weighted by Crippen LogP contribution is 2.31. The summed E-state index contributed by atoms with van der Waals surface area (Å²) in [5.41, 5.74) is 0. The number of hydroxylamine groups is 4. The van der Waals surface area contributed by atoms with Crippen LogP contribution < -0.4 is 0 Å². The quantitative estimate of drug-likeness (QED) is 0.0306. The average molecular weight is 954 g/mol. The fourth-order valence-corrected chi connectivity index (χ4v) is 7.84. The third-order valence-corrected chi connectivity index (χ3v) is 11.7. The van der Waals surface area contributed by atoms with E-state index in [1.165, 1.54) is 0 Å². The molecular weight excluding hydrogens is 890 g/mol. The van der Waals surface area contributed by atoms with Crippen molar-refractivity contribution >= 4 is 35.6 Å². The zero-order valence-electron chi connectivity index (χ0n) is 36.3. The molecule has 0 saturated carbocycles. The molecular formula is C40H63N3O23. The molecule has 5 aliphatic heterocycles. The smallest absolute Gasteiger partial charge is 0.333 e. The fraction of sp³-hybridized carbons (Fsp3) is 0.850. The first-order valence-electron chi connectivity index (χ1n) is 22.2. The van der Waals surface area contributed by atoms with E-state index in [-0.39, 0.29) is 58.1 Å². The molecule has 0 aromatic rings. The van der Waals surface area contributed by atoms with E-state index in [2.05, 4.69) is 0 Å². The van der Waals surface area contributed by atoms with E-state index < -0.39 is 141 Å². The Balaban J connectivity index is 1.19. The number of carbonyl (C=O) groups excluding carboxylic acids is 6. The van der Waals surface area contributed by atoms with Crippen molar-refractivity contribution in [2.75, 3.05) is 46.1 Å². The van der Waals surface area contributed by atoms with Gasteiger partial charge in [-0.05, 0) is 38.8 Å². The molecule has 26 nitrogen and oxygen atoms in total. The van der Waals surface area contributed by atoms with Crippen molar-refractivity contribution in [3.05, 3.63) is 0 Å². The molecule has 0 radical (unpaired) electrons. The van der Waals surface area contributed by atoms with Crippen LogP contribution >= 0.6 is 0 Å². The standard InChI is InChI=1S/C40H63N3O23/c44-18-21-17-22(46)31(53)40(61-21)64-37-33(55)24(20-60-38-35(57)34(56)32(54)23(19-45)62-38)63-39(36(37)58)59-16-15-41(13-5-1-3-7-29(51)65-42-25(47)9-10-26(42)48)14-6-2-4-8-30(52)66-43-27(49)11-12-28(43)50/h21-24,31-40,44-46,53-58H,1-20H2/t21-,22-,23+,24+,31-,32+,33+,34-,35-,36-,37-,38-,39-,40+/m0/s1. The number of rotatable bonds is 25. The molecule has 5 saturated heterocycles. The number of ether oxygens (including phenoxy) is 6. The Bertz CT molecular complexity index is 1530. The van der Waals surface area contributed by atoms with Crippen LogP contribution in [0.3, 0.4) is 0 Å². The molecule has 0 unspecified atom stereocenters. The first kappa shape index (κ1) is 53.5. The van der Waals surface area contributed by atoms with Crippen molar-refractivity contribution in [2.24, 2.45) is 0 Å². The van der Waals surface area contributed by atoms with Gasteiger partial charge in [-0.15, -0.1) is 10.1 Å². The lowest BCUT2D eigenvalue weighted by Crippen LogP contribution is -2.64. The lowest BCUT2D eigenvalue weighted by atomic mass is 9.97. The SMILES string of the molecule is O=C(CCCCCN(CCCCCC(=O)ON1C(=O)CCC1=O)CCO[C@H]1O[C@H](CO[C@H]2O[C@H](CO)[C@@H](O)[C@H](O)[C@@H]2O)[C@@H](O)[C@H](O[C@H]2O[C@H](CO)C[C@H](O)[C@@H]2O)[C@@H]1O)ON1C(=O)CCC1=O. The van der Waals surface area contributed by atoms with Crippen molar-refractivity contribution in [1.82, 2.24) is 15.0 Å². The first-order valence-corrected chi connectivity index (χ1v) is 22.2. The number of nitrogens with zero attached hydrogens (tertiary/aromatic N) is 3. The number of hydrogen-bond donors (Lipinski definition) is 9. The van der Waals surface area contributed by atoms with Crippen LogP contribution in [0.25, 0.3) is 0 Å². The normalized spacial score (nSPS) is 34.2. The third-order valence-electron chi connectivity index (χ3n) is 11.7. The number of aliphatic hydroxyl groups excluding tert-OH is 9. The third kappa shape index (κ3) is 14.5. The maximum Gasteiger partial charge on any atom is 0.333 e. The highest BCUT2D eigenvalue weighted by Gasteiger charge is 2.51. The summed E-state index contributed by atoms with van der Waals surface area (Å²) in [5.74, 6) is -3.81. The minimum absolute atomic E-state index is 0.0323. The molecule has 0 aromatic carbocycles. The summed E-state index contributed by atoms with van der Waals surface area (Å²) in [4.78, 5) is 83.6. The molecule has 5 rings (SSSR count). The second kappa shape index (κ2) is 25.8. The van der Waals surface area contributed by atoms with Gasteiger partial charge in [-0.1, -0.05) is 12.8 Å². The van der Waals surface area contributed by atoms with Crippen LogP contribution in [0, 0.1) is 0 Å². The van der Waals surface area contributed by atoms with E-state index in [9.17, 15) is 74.7 Å². The maximum atomic E-state index is 12.3. The Morgan fingerprint density at radius 3 is 1.62 bits per heavy atom. The van der Waals surface area contributed by atoms with Crippen LogP contribution in [0.5, 0.6) is 0 Å².